The molecule has 0 amide bonds. The van der Waals surface area contributed by atoms with Gasteiger partial charge in [-0.05, 0) is 17.5 Å². The first-order chi connectivity index (χ1) is 10.0. The van der Waals surface area contributed by atoms with Crippen LogP contribution in [0, 0.1) is 0 Å². The minimum atomic E-state index is -3.20. The molecule has 0 atom stereocenters. The summed E-state index contributed by atoms with van der Waals surface area (Å²) in [4.78, 5) is 0. The van der Waals surface area contributed by atoms with Crippen LogP contribution in [0.5, 0.6) is 0 Å². The number of benzene rings is 2. The summed E-state index contributed by atoms with van der Waals surface area (Å²) in [5, 5.41) is 0. The van der Waals surface area contributed by atoms with E-state index in [9.17, 15) is 8.42 Å². The Bertz CT molecular complexity index is 555. The van der Waals surface area contributed by atoms with Crippen LogP contribution < -0.4 is 0 Å². The highest BCUT2D eigenvalue weighted by Gasteiger charge is 1.98. The zero-order valence-corrected chi connectivity index (χ0v) is 13.3. The Balaban J connectivity index is 0.000000222. The van der Waals surface area contributed by atoms with E-state index in [-0.39, 0.29) is 0 Å². The van der Waals surface area contributed by atoms with Crippen LogP contribution in [-0.2, 0) is 14.3 Å². The van der Waals surface area contributed by atoms with Crippen LogP contribution in [0.15, 0.2) is 60.7 Å². The lowest BCUT2D eigenvalue weighted by Gasteiger charge is -1.98. The molecule has 0 aliphatic rings. The SMILES string of the molecule is CCCCOS(C)(=O)=O.c1ccc(-c2ccccc2)cc1. The minimum Gasteiger partial charge on any atom is -0.270 e. The van der Waals surface area contributed by atoms with Crippen molar-refractivity contribution in [3.05, 3.63) is 60.7 Å². The molecule has 4 heteroatoms. The van der Waals surface area contributed by atoms with E-state index in [1.807, 2.05) is 19.1 Å². The highest BCUT2D eigenvalue weighted by atomic mass is 32.2. The van der Waals surface area contributed by atoms with Crippen LogP contribution >= 0.6 is 0 Å². The normalized spacial score (nSPS) is 10.6. The monoisotopic (exact) mass is 306 g/mol. The zero-order chi connectivity index (χ0) is 15.6. The van der Waals surface area contributed by atoms with Crippen LogP contribution in [0.1, 0.15) is 19.8 Å². The largest absolute Gasteiger partial charge is 0.270 e. The van der Waals surface area contributed by atoms with E-state index in [1.54, 1.807) is 0 Å². The van der Waals surface area contributed by atoms with Gasteiger partial charge in [-0.3, -0.25) is 4.18 Å². The summed E-state index contributed by atoms with van der Waals surface area (Å²) >= 11 is 0. The molecule has 0 spiro atoms. The Hall–Kier alpha value is -1.65. The second-order valence-electron chi connectivity index (χ2n) is 4.61. The molecule has 2 rings (SSSR count). The molecule has 21 heavy (non-hydrogen) atoms. The van der Waals surface area contributed by atoms with Gasteiger partial charge in [0.2, 0.25) is 0 Å². The molecule has 0 bridgehead atoms. The van der Waals surface area contributed by atoms with Crippen LogP contribution in [-0.4, -0.2) is 21.3 Å². The number of unbranched alkanes of at least 4 members (excludes halogenated alkanes) is 1. The number of hydrogen-bond donors (Lipinski definition) is 0. The summed E-state index contributed by atoms with van der Waals surface area (Å²) in [7, 11) is -3.20. The first-order valence-corrected chi connectivity index (χ1v) is 8.79. The van der Waals surface area contributed by atoms with Gasteiger partial charge in [0.25, 0.3) is 10.1 Å². The molecular formula is C17H22O3S. The van der Waals surface area contributed by atoms with Gasteiger partial charge in [0.15, 0.2) is 0 Å². The fourth-order valence-electron chi connectivity index (χ4n) is 1.62. The molecule has 0 fully saturated rings. The molecule has 0 radical (unpaired) electrons. The van der Waals surface area contributed by atoms with Crippen molar-refractivity contribution in [3.8, 4) is 11.1 Å². The minimum absolute atomic E-state index is 0.315. The second kappa shape index (κ2) is 9.32. The second-order valence-corrected chi connectivity index (χ2v) is 6.26. The van der Waals surface area contributed by atoms with Gasteiger partial charge >= 0.3 is 0 Å². The van der Waals surface area contributed by atoms with Gasteiger partial charge in [-0.1, -0.05) is 74.0 Å². The van der Waals surface area contributed by atoms with Gasteiger partial charge in [-0.25, -0.2) is 0 Å². The molecule has 114 valence electrons. The average Bonchev–Trinajstić information content (AvgIpc) is 2.49. The molecule has 0 saturated heterocycles. The Kier molecular flexibility index (Phi) is 7.72. The molecular weight excluding hydrogens is 284 g/mol. The molecule has 0 aliphatic heterocycles. The van der Waals surface area contributed by atoms with Crippen molar-refractivity contribution in [2.24, 2.45) is 0 Å². The predicted octanol–water partition coefficient (Wildman–Crippen LogP) is 4.12. The topological polar surface area (TPSA) is 43.4 Å². The van der Waals surface area contributed by atoms with Gasteiger partial charge in [0, 0.05) is 0 Å². The van der Waals surface area contributed by atoms with Crippen molar-refractivity contribution in [1.29, 1.82) is 0 Å². The lowest BCUT2D eigenvalue weighted by atomic mass is 10.1. The Labute approximate surface area is 127 Å². The van der Waals surface area contributed by atoms with Crippen LogP contribution in [0.2, 0.25) is 0 Å². The van der Waals surface area contributed by atoms with Gasteiger partial charge < -0.3 is 0 Å². The van der Waals surface area contributed by atoms with Gasteiger partial charge in [-0.15, -0.1) is 0 Å². The van der Waals surface area contributed by atoms with Crippen molar-refractivity contribution < 1.29 is 12.6 Å². The molecule has 0 aliphatic carbocycles. The van der Waals surface area contributed by atoms with E-state index in [1.165, 1.54) is 11.1 Å². The van der Waals surface area contributed by atoms with Crippen molar-refractivity contribution in [2.45, 2.75) is 19.8 Å². The van der Waals surface area contributed by atoms with E-state index in [2.05, 4.69) is 52.7 Å². The Morgan fingerprint density at radius 2 is 1.29 bits per heavy atom. The smallest absolute Gasteiger partial charge is 0.264 e. The molecule has 0 aromatic heterocycles. The summed E-state index contributed by atoms with van der Waals surface area (Å²) in [6.07, 6.45) is 2.81. The van der Waals surface area contributed by atoms with Crippen LogP contribution in [0.25, 0.3) is 11.1 Å². The fourth-order valence-corrected chi connectivity index (χ4v) is 2.04. The number of rotatable bonds is 5. The zero-order valence-electron chi connectivity index (χ0n) is 12.5. The van der Waals surface area contributed by atoms with Crippen molar-refractivity contribution >= 4 is 10.1 Å². The summed E-state index contributed by atoms with van der Waals surface area (Å²) in [6.45, 7) is 2.29. The Morgan fingerprint density at radius 1 is 0.857 bits per heavy atom. The average molecular weight is 306 g/mol. The van der Waals surface area contributed by atoms with Gasteiger partial charge in [-0.2, -0.15) is 8.42 Å². The standard InChI is InChI=1S/C12H10.C5H12O3S/c1-3-7-11(8-4-1)12-9-5-2-6-10-12;1-3-4-5-8-9(2,6)7/h1-10H;3-5H2,1-2H3. The van der Waals surface area contributed by atoms with Crippen LogP contribution in [0.3, 0.4) is 0 Å². The highest BCUT2D eigenvalue weighted by molar-refractivity contribution is 7.85. The predicted molar refractivity (Wildman–Crippen MR) is 87.6 cm³/mol. The quantitative estimate of drug-likeness (QED) is 0.616. The molecule has 2 aromatic rings. The fraction of sp³-hybridized carbons (Fsp3) is 0.294. The van der Waals surface area contributed by atoms with Gasteiger partial charge in [0.05, 0.1) is 12.9 Å². The van der Waals surface area contributed by atoms with E-state index in [0.717, 1.165) is 19.1 Å². The van der Waals surface area contributed by atoms with E-state index in [0.29, 0.717) is 6.61 Å². The first kappa shape index (κ1) is 17.4. The molecule has 0 saturated carbocycles. The number of hydrogen-bond acceptors (Lipinski definition) is 3. The molecule has 3 nitrogen and oxygen atoms in total. The lowest BCUT2D eigenvalue weighted by molar-refractivity contribution is 0.314. The maximum absolute atomic E-state index is 10.3. The third-order valence-corrected chi connectivity index (χ3v) is 3.27. The van der Waals surface area contributed by atoms with Crippen molar-refractivity contribution in [3.63, 3.8) is 0 Å². The molecule has 0 N–H and O–H groups in total. The highest BCUT2D eigenvalue weighted by Crippen LogP contribution is 2.17. The van der Waals surface area contributed by atoms with Crippen molar-refractivity contribution in [1.82, 2.24) is 0 Å². The summed E-state index contributed by atoms with van der Waals surface area (Å²) in [5.74, 6) is 0. The van der Waals surface area contributed by atoms with Crippen LogP contribution in [0.4, 0.5) is 0 Å². The Morgan fingerprint density at radius 3 is 1.62 bits per heavy atom. The van der Waals surface area contributed by atoms with E-state index < -0.39 is 10.1 Å². The first-order valence-electron chi connectivity index (χ1n) is 6.98. The molecule has 0 unspecified atom stereocenters. The lowest BCUT2D eigenvalue weighted by Crippen LogP contribution is -2.03. The third-order valence-electron chi connectivity index (χ3n) is 2.68. The maximum Gasteiger partial charge on any atom is 0.264 e. The van der Waals surface area contributed by atoms with Crippen molar-refractivity contribution in [2.75, 3.05) is 12.9 Å². The summed E-state index contributed by atoms with van der Waals surface area (Å²) < 4.78 is 25.0. The molecule has 2 aromatic carbocycles. The van der Waals surface area contributed by atoms with E-state index >= 15 is 0 Å². The molecule has 0 heterocycles. The summed E-state index contributed by atoms with van der Waals surface area (Å²) in [6, 6.07) is 20.8. The summed E-state index contributed by atoms with van der Waals surface area (Å²) in [5.41, 5.74) is 2.55. The maximum atomic E-state index is 10.3. The third kappa shape index (κ3) is 8.27. The van der Waals surface area contributed by atoms with E-state index in [4.69, 9.17) is 0 Å². The van der Waals surface area contributed by atoms with Gasteiger partial charge in [0.1, 0.15) is 0 Å².